The van der Waals surface area contributed by atoms with E-state index in [9.17, 15) is 0 Å². The zero-order valence-electron chi connectivity index (χ0n) is 16.7. The second kappa shape index (κ2) is 9.74. The normalized spacial score (nSPS) is 12.5. The van der Waals surface area contributed by atoms with Crippen molar-refractivity contribution in [3.8, 4) is 0 Å². The van der Waals surface area contributed by atoms with Gasteiger partial charge in [-0.25, -0.2) is 4.99 Å². The van der Waals surface area contributed by atoms with Gasteiger partial charge in [-0.05, 0) is 43.6 Å². The molecule has 2 rings (SSSR count). The van der Waals surface area contributed by atoms with E-state index in [0.29, 0.717) is 6.54 Å². The SMILES string of the molecule is CCNC(=NCc1cccc(CN(C)C)c1)NCC(C)(C)c1cccs1. The van der Waals surface area contributed by atoms with Gasteiger partial charge in [0.25, 0.3) is 0 Å². The minimum atomic E-state index is 0.0794. The third kappa shape index (κ3) is 6.46. The van der Waals surface area contributed by atoms with E-state index in [1.807, 2.05) is 11.3 Å². The van der Waals surface area contributed by atoms with Crippen LogP contribution >= 0.6 is 11.3 Å². The summed E-state index contributed by atoms with van der Waals surface area (Å²) in [5.74, 6) is 0.871. The topological polar surface area (TPSA) is 39.7 Å². The molecule has 26 heavy (non-hydrogen) atoms. The summed E-state index contributed by atoms with van der Waals surface area (Å²) in [4.78, 5) is 8.34. The summed E-state index contributed by atoms with van der Waals surface area (Å²) in [5.41, 5.74) is 2.63. The molecule has 0 aliphatic rings. The fourth-order valence-corrected chi connectivity index (χ4v) is 3.61. The molecule has 0 atom stereocenters. The Kier molecular flexibility index (Phi) is 7.66. The first-order valence-corrected chi connectivity index (χ1v) is 10.1. The molecular weight excluding hydrogens is 340 g/mol. The Morgan fingerprint density at radius 3 is 2.54 bits per heavy atom. The predicted molar refractivity (Wildman–Crippen MR) is 114 cm³/mol. The summed E-state index contributed by atoms with van der Waals surface area (Å²) in [6.07, 6.45) is 0. The van der Waals surface area contributed by atoms with Gasteiger partial charge in [0.05, 0.1) is 6.54 Å². The highest BCUT2D eigenvalue weighted by atomic mass is 32.1. The number of benzene rings is 1. The molecule has 0 amide bonds. The Hall–Kier alpha value is -1.85. The van der Waals surface area contributed by atoms with E-state index >= 15 is 0 Å². The summed E-state index contributed by atoms with van der Waals surface area (Å²) in [6.45, 7) is 9.95. The van der Waals surface area contributed by atoms with Gasteiger partial charge in [0.15, 0.2) is 5.96 Å². The monoisotopic (exact) mass is 372 g/mol. The van der Waals surface area contributed by atoms with Gasteiger partial charge in [-0.2, -0.15) is 0 Å². The number of rotatable bonds is 8. The fraction of sp³-hybridized carbons (Fsp3) is 0.476. The molecule has 5 heteroatoms. The summed E-state index contributed by atoms with van der Waals surface area (Å²) < 4.78 is 0. The number of nitrogens with zero attached hydrogens (tertiary/aromatic N) is 2. The lowest BCUT2D eigenvalue weighted by Crippen LogP contribution is -2.43. The Labute approximate surface area is 162 Å². The van der Waals surface area contributed by atoms with E-state index in [0.717, 1.165) is 25.6 Å². The van der Waals surface area contributed by atoms with Gasteiger partial charge >= 0.3 is 0 Å². The smallest absolute Gasteiger partial charge is 0.191 e. The maximum atomic E-state index is 4.77. The minimum Gasteiger partial charge on any atom is -0.357 e. The molecule has 0 aliphatic carbocycles. The molecule has 2 aromatic rings. The van der Waals surface area contributed by atoms with Crippen LogP contribution in [0, 0.1) is 0 Å². The largest absolute Gasteiger partial charge is 0.357 e. The molecule has 0 spiro atoms. The van der Waals surface area contributed by atoms with Crippen LogP contribution in [0.5, 0.6) is 0 Å². The number of nitrogens with one attached hydrogen (secondary N) is 2. The number of hydrogen-bond acceptors (Lipinski definition) is 3. The lowest BCUT2D eigenvalue weighted by molar-refractivity contribution is 0.402. The van der Waals surface area contributed by atoms with Crippen LogP contribution in [0.4, 0.5) is 0 Å². The van der Waals surface area contributed by atoms with E-state index in [2.05, 4.69) is 92.2 Å². The first kappa shape index (κ1) is 20.5. The quantitative estimate of drug-likeness (QED) is 0.546. The molecule has 142 valence electrons. The Bertz CT molecular complexity index is 690. The highest BCUT2D eigenvalue weighted by Crippen LogP contribution is 2.26. The molecule has 4 nitrogen and oxygen atoms in total. The van der Waals surface area contributed by atoms with Crippen LogP contribution in [0.25, 0.3) is 0 Å². The van der Waals surface area contributed by atoms with Gasteiger partial charge in [0.2, 0.25) is 0 Å². The van der Waals surface area contributed by atoms with Crippen molar-refractivity contribution in [2.24, 2.45) is 4.99 Å². The Morgan fingerprint density at radius 2 is 1.88 bits per heavy atom. The van der Waals surface area contributed by atoms with Crippen LogP contribution in [0.2, 0.25) is 0 Å². The second-order valence-electron chi connectivity index (χ2n) is 7.47. The van der Waals surface area contributed by atoms with Crippen molar-refractivity contribution in [2.75, 3.05) is 27.2 Å². The average molecular weight is 373 g/mol. The van der Waals surface area contributed by atoms with Crippen molar-refractivity contribution in [1.82, 2.24) is 15.5 Å². The summed E-state index contributed by atoms with van der Waals surface area (Å²) in [5, 5.41) is 8.99. The standard InChI is InChI=1S/C21H32N4S/c1-6-22-20(24-16-21(2,3)19-11-8-12-26-19)23-14-17-9-7-10-18(13-17)15-25(4)5/h7-13H,6,14-16H2,1-5H3,(H2,22,23,24). The van der Waals surface area contributed by atoms with Crippen molar-refractivity contribution < 1.29 is 0 Å². The zero-order chi connectivity index (χ0) is 19.0. The molecule has 2 N–H and O–H groups in total. The van der Waals surface area contributed by atoms with Gasteiger partial charge < -0.3 is 15.5 Å². The van der Waals surface area contributed by atoms with Crippen LogP contribution in [-0.4, -0.2) is 38.0 Å². The van der Waals surface area contributed by atoms with E-state index < -0.39 is 0 Å². The number of guanidine groups is 1. The molecule has 0 aliphatic heterocycles. The fourth-order valence-electron chi connectivity index (χ4n) is 2.76. The maximum Gasteiger partial charge on any atom is 0.191 e. The van der Waals surface area contributed by atoms with E-state index in [-0.39, 0.29) is 5.41 Å². The molecule has 0 unspecified atom stereocenters. The van der Waals surface area contributed by atoms with Crippen molar-refractivity contribution in [1.29, 1.82) is 0 Å². The number of aliphatic imine (C=N–C) groups is 1. The van der Waals surface area contributed by atoms with Crippen LogP contribution < -0.4 is 10.6 Å². The van der Waals surface area contributed by atoms with Crippen molar-refractivity contribution in [2.45, 2.75) is 39.3 Å². The molecule has 0 radical (unpaired) electrons. The zero-order valence-corrected chi connectivity index (χ0v) is 17.5. The van der Waals surface area contributed by atoms with Crippen LogP contribution in [0.3, 0.4) is 0 Å². The highest BCUT2D eigenvalue weighted by molar-refractivity contribution is 7.10. The molecule has 1 aromatic heterocycles. The summed E-state index contributed by atoms with van der Waals surface area (Å²) >= 11 is 1.81. The first-order valence-electron chi connectivity index (χ1n) is 9.19. The van der Waals surface area contributed by atoms with Crippen LogP contribution in [-0.2, 0) is 18.5 Å². The molecule has 0 fully saturated rings. The third-order valence-corrected chi connectivity index (χ3v) is 5.38. The first-order chi connectivity index (χ1) is 12.4. The van der Waals surface area contributed by atoms with Crippen molar-refractivity contribution in [3.05, 3.63) is 57.8 Å². The van der Waals surface area contributed by atoms with E-state index in [1.54, 1.807) is 0 Å². The number of thiophene rings is 1. The molecule has 1 aromatic carbocycles. The number of hydrogen-bond donors (Lipinski definition) is 2. The van der Waals surface area contributed by atoms with Gasteiger partial charge in [-0.3, -0.25) is 0 Å². The minimum absolute atomic E-state index is 0.0794. The van der Waals surface area contributed by atoms with Gasteiger partial charge in [0, 0.05) is 29.9 Å². The van der Waals surface area contributed by atoms with Crippen LogP contribution in [0.1, 0.15) is 36.8 Å². The summed E-state index contributed by atoms with van der Waals surface area (Å²) in [7, 11) is 4.18. The average Bonchev–Trinajstić information content (AvgIpc) is 3.13. The van der Waals surface area contributed by atoms with Gasteiger partial charge in [-0.15, -0.1) is 11.3 Å². The molecule has 0 saturated carbocycles. The lowest BCUT2D eigenvalue weighted by atomic mass is 9.91. The Balaban J connectivity index is 2.00. The van der Waals surface area contributed by atoms with Crippen molar-refractivity contribution >= 4 is 17.3 Å². The van der Waals surface area contributed by atoms with E-state index in [4.69, 9.17) is 4.99 Å². The molecule has 0 saturated heterocycles. The molecular formula is C21H32N4S. The maximum absolute atomic E-state index is 4.77. The van der Waals surface area contributed by atoms with Gasteiger partial charge in [-0.1, -0.05) is 44.2 Å². The third-order valence-electron chi connectivity index (χ3n) is 4.14. The van der Waals surface area contributed by atoms with Crippen molar-refractivity contribution in [3.63, 3.8) is 0 Å². The molecule has 0 bridgehead atoms. The lowest BCUT2D eigenvalue weighted by Gasteiger charge is -2.25. The van der Waals surface area contributed by atoms with Gasteiger partial charge in [0.1, 0.15) is 0 Å². The highest BCUT2D eigenvalue weighted by Gasteiger charge is 2.21. The Morgan fingerprint density at radius 1 is 1.12 bits per heavy atom. The van der Waals surface area contributed by atoms with E-state index in [1.165, 1.54) is 16.0 Å². The second-order valence-corrected chi connectivity index (χ2v) is 8.42. The summed E-state index contributed by atoms with van der Waals surface area (Å²) in [6, 6.07) is 13.0. The predicted octanol–water partition coefficient (Wildman–Crippen LogP) is 3.84. The molecule has 1 heterocycles. The van der Waals surface area contributed by atoms with Crippen LogP contribution in [0.15, 0.2) is 46.8 Å².